The summed E-state index contributed by atoms with van der Waals surface area (Å²) in [7, 11) is 0. The molecule has 5 atom stereocenters. The van der Waals surface area contributed by atoms with E-state index in [0.29, 0.717) is 31.5 Å². The van der Waals surface area contributed by atoms with Crippen molar-refractivity contribution in [2.24, 2.45) is 11.7 Å². The zero-order valence-electron chi connectivity index (χ0n) is 18.1. The van der Waals surface area contributed by atoms with Gasteiger partial charge in [0.2, 0.25) is 17.7 Å². The van der Waals surface area contributed by atoms with Crippen molar-refractivity contribution in [1.82, 2.24) is 25.5 Å². The normalized spacial score (nSPS) is 19.9. The molecule has 1 aromatic heterocycles. The van der Waals surface area contributed by atoms with Crippen molar-refractivity contribution in [2.75, 3.05) is 6.54 Å². The molecule has 5 unspecified atom stereocenters. The van der Waals surface area contributed by atoms with Crippen molar-refractivity contribution < 1.29 is 24.3 Å². The molecule has 172 valence electrons. The highest BCUT2D eigenvalue weighted by atomic mass is 16.4. The van der Waals surface area contributed by atoms with Gasteiger partial charge in [0.1, 0.15) is 18.1 Å². The summed E-state index contributed by atoms with van der Waals surface area (Å²) in [6, 6.07) is -3.57. The molecule has 0 spiro atoms. The van der Waals surface area contributed by atoms with Crippen LogP contribution < -0.4 is 16.4 Å². The average Bonchev–Trinajstić information content (AvgIpc) is 3.41. The Morgan fingerprint density at radius 1 is 1.32 bits per heavy atom. The number of likely N-dealkylation sites (tertiary alicyclic amines) is 1. The summed E-state index contributed by atoms with van der Waals surface area (Å²) in [5.74, 6) is -2.78. The van der Waals surface area contributed by atoms with E-state index in [4.69, 9.17) is 5.73 Å². The minimum atomic E-state index is -1.11. The van der Waals surface area contributed by atoms with Crippen LogP contribution >= 0.6 is 0 Å². The van der Waals surface area contributed by atoms with E-state index in [1.807, 2.05) is 6.92 Å². The van der Waals surface area contributed by atoms with Crippen LogP contribution in [-0.4, -0.2) is 74.4 Å². The van der Waals surface area contributed by atoms with Gasteiger partial charge in [-0.2, -0.15) is 0 Å². The van der Waals surface area contributed by atoms with Gasteiger partial charge in [0.05, 0.1) is 12.4 Å². The third-order valence-electron chi connectivity index (χ3n) is 5.62. The molecule has 6 N–H and O–H groups in total. The van der Waals surface area contributed by atoms with Crippen molar-refractivity contribution in [3.8, 4) is 0 Å². The van der Waals surface area contributed by atoms with Gasteiger partial charge in [0.25, 0.3) is 0 Å². The first-order valence-corrected chi connectivity index (χ1v) is 10.5. The van der Waals surface area contributed by atoms with Gasteiger partial charge in [0, 0.05) is 24.9 Å². The van der Waals surface area contributed by atoms with Crippen LogP contribution in [0.25, 0.3) is 0 Å². The minimum Gasteiger partial charge on any atom is -0.480 e. The quantitative estimate of drug-likeness (QED) is 0.326. The summed E-state index contributed by atoms with van der Waals surface area (Å²) < 4.78 is 0. The molecule has 0 aliphatic carbocycles. The zero-order chi connectivity index (χ0) is 23.1. The summed E-state index contributed by atoms with van der Waals surface area (Å²) in [6.45, 7) is 5.45. The molecular formula is C20H32N6O5. The number of rotatable bonds is 10. The van der Waals surface area contributed by atoms with Gasteiger partial charge < -0.3 is 31.4 Å². The summed E-state index contributed by atoms with van der Waals surface area (Å²) in [5.41, 5.74) is 6.28. The van der Waals surface area contributed by atoms with E-state index < -0.39 is 47.9 Å². The molecule has 2 rings (SSSR count). The van der Waals surface area contributed by atoms with Crippen molar-refractivity contribution in [3.63, 3.8) is 0 Å². The Balaban J connectivity index is 2.17. The molecule has 0 aromatic carbocycles. The lowest BCUT2D eigenvalue weighted by Gasteiger charge is -2.30. The number of aromatic nitrogens is 2. The molecule has 1 aromatic rings. The second kappa shape index (κ2) is 10.9. The van der Waals surface area contributed by atoms with Crippen molar-refractivity contribution in [2.45, 2.75) is 70.6 Å². The Hall–Kier alpha value is -2.95. The molecule has 0 bridgehead atoms. The number of amides is 3. The van der Waals surface area contributed by atoms with E-state index in [2.05, 4.69) is 20.6 Å². The number of imidazole rings is 1. The van der Waals surface area contributed by atoms with Crippen molar-refractivity contribution in [3.05, 3.63) is 18.2 Å². The smallest absolute Gasteiger partial charge is 0.326 e. The number of aliphatic carboxylic acids is 1. The predicted octanol–water partition coefficient (Wildman–Crippen LogP) is -0.609. The third-order valence-corrected chi connectivity index (χ3v) is 5.62. The van der Waals surface area contributed by atoms with Gasteiger partial charge in [-0.1, -0.05) is 20.3 Å². The molecular weight excluding hydrogens is 404 g/mol. The van der Waals surface area contributed by atoms with E-state index in [0.717, 1.165) is 0 Å². The number of nitrogens with two attached hydrogens (primary N) is 1. The zero-order valence-corrected chi connectivity index (χ0v) is 18.1. The van der Waals surface area contributed by atoms with Crippen LogP contribution in [0.15, 0.2) is 12.5 Å². The summed E-state index contributed by atoms with van der Waals surface area (Å²) in [5, 5.41) is 14.7. The van der Waals surface area contributed by atoms with Crippen LogP contribution in [0.4, 0.5) is 0 Å². The lowest BCUT2D eigenvalue weighted by molar-refractivity contribution is -0.146. The standard InChI is InChI=1S/C20H32N6O5/c1-4-11(2)16(20(30)31)25-18(28)15-6-5-7-26(15)19(29)14(24-17(27)12(3)21)8-13-9-22-10-23-13/h9-12,14-16H,4-8,21H2,1-3H3,(H,22,23)(H,24,27)(H,25,28)(H,30,31). The number of carbonyl (C=O) groups is 4. The number of carboxylic acid groups (broad SMARTS) is 1. The van der Waals surface area contributed by atoms with Gasteiger partial charge in [-0.3, -0.25) is 14.4 Å². The van der Waals surface area contributed by atoms with Gasteiger partial charge in [-0.25, -0.2) is 9.78 Å². The summed E-state index contributed by atoms with van der Waals surface area (Å²) >= 11 is 0. The molecule has 1 aliphatic rings. The molecule has 1 fully saturated rings. The second-order valence-corrected chi connectivity index (χ2v) is 8.03. The number of carboxylic acids is 1. The Kier molecular flexibility index (Phi) is 8.55. The number of hydrogen-bond acceptors (Lipinski definition) is 6. The van der Waals surface area contributed by atoms with Gasteiger partial charge in [-0.05, 0) is 25.7 Å². The fourth-order valence-electron chi connectivity index (χ4n) is 3.56. The topological polar surface area (TPSA) is 171 Å². The van der Waals surface area contributed by atoms with Gasteiger partial charge in [0.15, 0.2) is 0 Å². The first-order chi connectivity index (χ1) is 14.6. The van der Waals surface area contributed by atoms with E-state index in [-0.39, 0.29) is 12.3 Å². The maximum absolute atomic E-state index is 13.3. The molecule has 1 saturated heterocycles. The average molecular weight is 437 g/mol. The van der Waals surface area contributed by atoms with Crippen LogP contribution in [0.5, 0.6) is 0 Å². The lowest BCUT2D eigenvalue weighted by atomic mass is 9.98. The molecule has 0 radical (unpaired) electrons. The van der Waals surface area contributed by atoms with Gasteiger partial charge >= 0.3 is 5.97 Å². The number of hydrogen-bond donors (Lipinski definition) is 5. The first kappa shape index (κ1) is 24.3. The first-order valence-electron chi connectivity index (χ1n) is 10.5. The Bertz CT molecular complexity index is 781. The second-order valence-electron chi connectivity index (χ2n) is 8.03. The monoisotopic (exact) mass is 436 g/mol. The maximum atomic E-state index is 13.3. The van der Waals surface area contributed by atoms with E-state index in [1.54, 1.807) is 13.1 Å². The number of nitrogens with one attached hydrogen (secondary N) is 3. The SMILES string of the molecule is CCC(C)C(NC(=O)C1CCCN1C(=O)C(Cc1cnc[nH]1)NC(=O)C(C)N)C(=O)O. The number of H-pyrrole nitrogens is 1. The largest absolute Gasteiger partial charge is 0.480 e. The highest BCUT2D eigenvalue weighted by molar-refractivity contribution is 5.94. The van der Waals surface area contributed by atoms with Gasteiger partial charge in [-0.15, -0.1) is 0 Å². The molecule has 31 heavy (non-hydrogen) atoms. The van der Waals surface area contributed by atoms with E-state index in [1.165, 1.54) is 18.2 Å². The van der Waals surface area contributed by atoms with Crippen LogP contribution in [0.3, 0.4) is 0 Å². The number of carbonyl (C=O) groups excluding carboxylic acids is 3. The molecule has 0 saturated carbocycles. The van der Waals surface area contributed by atoms with Crippen LogP contribution in [-0.2, 0) is 25.6 Å². The highest BCUT2D eigenvalue weighted by Gasteiger charge is 2.39. The maximum Gasteiger partial charge on any atom is 0.326 e. The molecule has 11 heteroatoms. The summed E-state index contributed by atoms with van der Waals surface area (Å²) in [4.78, 5) is 58.1. The predicted molar refractivity (Wildman–Crippen MR) is 112 cm³/mol. The summed E-state index contributed by atoms with van der Waals surface area (Å²) in [6.07, 6.45) is 4.78. The van der Waals surface area contributed by atoms with Crippen LogP contribution in [0.1, 0.15) is 45.7 Å². The third kappa shape index (κ3) is 6.27. The molecule has 1 aliphatic heterocycles. The lowest BCUT2D eigenvalue weighted by Crippen LogP contribution is -2.57. The highest BCUT2D eigenvalue weighted by Crippen LogP contribution is 2.20. The van der Waals surface area contributed by atoms with E-state index >= 15 is 0 Å². The molecule has 11 nitrogen and oxygen atoms in total. The minimum absolute atomic E-state index is 0.159. The Morgan fingerprint density at radius 3 is 2.58 bits per heavy atom. The van der Waals surface area contributed by atoms with E-state index in [9.17, 15) is 24.3 Å². The fraction of sp³-hybridized carbons (Fsp3) is 0.650. The van der Waals surface area contributed by atoms with Crippen LogP contribution in [0, 0.1) is 5.92 Å². The van der Waals surface area contributed by atoms with Crippen molar-refractivity contribution >= 4 is 23.7 Å². The van der Waals surface area contributed by atoms with Crippen LogP contribution in [0.2, 0.25) is 0 Å². The molecule has 2 heterocycles. The fourth-order valence-corrected chi connectivity index (χ4v) is 3.56. The number of nitrogens with zero attached hydrogens (tertiary/aromatic N) is 2. The molecule has 3 amide bonds. The van der Waals surface area contributed by atoms with Crippen molar-refractivity contribution in [1.29, 1.82) is 0 Å². The Morgan fingerprint density at radius 2 is 2.03 bits per heavy atom. The Labute approximate surface area is 181 Å². The number of aromatic amines is 1.